The quantitative estimate of drug-likeness (QED) is 0.491. The summed E-state index contributed by atoms with van der Waals surface area (Å²) in [7, 11) is -3.70. The minimum Gasteiger partial charge on any atom is -0.306 e. The molecule has 7 heteroatoms. The van der Waals surface area contributed by atoms with Gasteiger partial charge in [-0.2, -0.15) is 0 Å². The van der Waals surface area contributed by atoms with Gasteiger partial charge in [0.2, 0.25) is 0 Å². The normalized spacial score (nSPS) is 11.6. The van der Waals surface area contributed by atoms with E-state index in [1.165, 1.54) is 0 Å². The number of halogens is 1. The highest BCUT2D eigenvalue weighted by Crippen LogP contribution is 2.27. The molecule has 27 heavy (non-hydrogen) atoms. The predicted molar refractivity (Wildman–Crippen MR) is 110 cm³/mol. The number of hydrogen-bond acceptors (Lipinski definition) is 3. The molecule has 4 rings (SSSR count). The van der Waals surface area contributed by atoms with Crippen molar-refractivity contribution >= 4 is 37.3 Å². The van der Waals surface area contributed by atoms with Gasteiger partial charge in [0.15, 0.2) is 0 Å². The molecule has 0 aliphatic heterocycles. The lowest BCUT2D eigenvalue weighted by Crippen LogP contribution is -2.13. The topological polar surface area (TPSA) is 63.5 Å². The first-order valence-corrected chi connectivity index (χ1v) is 10.5. The Balaban J connectivity index is 1.69. The summed E-state index contributed by atoms with van der Waals surface area (Å²) >= 11 is 3.29. The zero-order chi connectivity index (χ0) is 19.0. The Hall–Kier alpha value is -2.64. The van der Waals surface area contributed by atoms with Crippen molar-refractivity contribution in [3.05, 3.63) is 83.1 Å². The number of sulfonamides is 1. The number of aryl methyl sites for hydroxylation is 1. The molecular formula is C20H16BrN3O2S. The van der Waals surface area contributed by atoms with E-state index in [0.717, 1.165) is 22.5 Å². The number of aromatic nitrogens is 2. The third kappa shape index (κ3) is 3.61. The lowest BCUT2D eigenvalue weighted by Gasteiger charge is -2.10. The van der Waals surface area contributed by atoms with E-state index in [4.69, 9.17) is 0 Å². The lowest BCUT2D eigenvalue weighted by atomic mass is 10.1. The molecule has 1 N–H and O–H groups in total. The molecule has 0 aliphatic carbocycles. The number of nitrogens with zero attached hydrogens (tertiary/aromatic N) is 2. The van der Waals surface area contributed by atoms with Gasteiger partial charge in [0, 0.05) is 28.1 Å². The fraction of sp³-hybridized carbons (Fsp3) is 0.0500. The van der Waals surface area contributed by atoms with Crippen LogP contribution in [0.5, 0.6) is 0 Å². The SMILES string of the molecule is Cc1ccn2cc(-c3cccc(NS(=O)(=O)c4ccccc4Br)c3)nc2c1. The summed E-state index contributed by atoms with van der Waals surface area (Å²) in [6.45, 7) is 2.02. The van der Waals surface area contributed by atoms with Gasteiger partial charge in [-0.15, -0.1) is 0 Å². The second-order valence-electron chi connectivity index (χ2n) is 6.21. The summed E-state index contributed by atoms with van der Waals surface area (Å²) in [6.07, 6.45) is 3.89. The van der Waals surface area contributed by atoms with E-state index in [0.29, 0.717) is 10.2 Å². The summed E-state index contributed by atoms with van der Waals surface area (Å²) in [5.74, 6) is 0. The number of fused-ring (bicyclic) bond motifs is 1. The van der Waals surface area contributed by atoms with E-state index in [9.17, 15) is 8.42 Å². The molecule has 0 aliphatic rings. The molecule has 0 atom stereocenters. The maximum Gasteiger partial charge on any atom is 0.263 e. The average molecular weight is 442 g/mol. The Bertz CT molecular complexity index is 1250. The second-order valence-corrected chi connectivity index (χ2v) is 8.72. The van der Waals surface area contributed by atoms with Gasteiger partial charge in [-0.25, -0.2) is 13.4 Å². The number of rotatable bonds is 4. The van der Waals surface area contributed by atoms with Gasteiger partial charge < -0.3 is 4.40 Å². The van der Waals surface area contributed by atoms with Crippen LogP contribution in [-0.4, -0.2) is 17.8 Å². The van der Waals surface area contributed by atoms with E-state index in [2.05, 4.69) is 25.6 Å². The van der Waals surface area contributed by atoms with Crippen molar-refractivity contribution < 1.29 is 8.42 Å². The van der Waals surface area contributed by atoms with Gasteiger partial charge in [-0.1, -0.05) is 24.3 Å². The van der Waals surface area contributed by atoms with E-state index in [1.54, 1.807) is 36.4 Å². The lowest BCUT2D eigenvalue weighted by molar-refractivity contribution is 0.601. The third-order valence-corrected chi connectivity index (χ3v) is 6.55. The first-order valence-electron chi connectivity index (χ1n) is 8.25. The van der Waals surface area contributed by atoms with Crippen LogP contribution in [0, 0.1) is 6.92 Å². The highest BCUT2D eigenvalue weighted by atomic mass is 79.9. The van der Waals surface area contributed by atoms with Gasteiger partial charge >= 0.3 is 0 Å². The van der Waals surface area contributed by atoms with Crippen molar-refractivity contribution in [2.24, 2.45) is 0 Å². The Labute approximate surface area is 165 Å². The van der Waals surface area contributed by atoms with Crippen LogP contribution in [0.2, 0.25) is 0 Å². The molecule has 0 spiro atoms. The Morgan fingerprint density at radius 1 is 1.04 bits per heavy atom. The highest BCUT2D eigenvalue weighted by Gasteiger charge is 2.17. The molecular weight excluding hydrogens is 426 g/mol. The molecule has 5 nitrogen and oxygen atoms in total. The molecule has 2 aromatic heterocycles. The van der Waals surface area contributed by atoms with Crippen molar-refractivity contribution in [1.82, 2.24) is 9.38 Å². The molecule has 0 bridgehead atoms. The number of pyridine rings is 1. The molecule has 0 saturated carbocycles. The van der Waals surface area contributed by atoms with E-state index < -0.39 is 10.0 Å². The first kappa shape index (κ1) is 17.8. The zero-order valence-electron chi connectivity index (χ0n) is 14.4. The fourth-order valence-corrected chi connectivity index (χ4v) is 4.89. The summed E-state index contributed by atoms with van der Waals surface area (Å²) in [5, 5.41) is 0. The van der Waals surface area contributed by atoms with Gasteiger partial charge in [0.05, 0.1) is 5.69 Å². The summed E-state index contributed by atoms with van der Waals surface area (Å²) in [5.41, 5.74) is 4.08. The van der Waals surface area contributed by atoms with Crippen LogP contribution in [0.15, 0.2) is 82.4 Å². The second kappa shape index (κ2) is 6.83. The van der Waals surface area contributed by atoms with Gasteiger partial charge in [-0.05, 0) is 64.8 Å². The molecule has 0 unspecified atom stereocenters. The minimum atomic E-state index is -3.70. The van der Waals surface area contributed by atoms with Crippen LogP contribution in [0.1, 0.15) is 5.56 Å². The maximum atomic E-state index is 12.7. The number of benzene rings is 2. The number of nitrogens with one attached hydrogen (secondary N) is 1. The van der Waals surface area contributed by atoms with Crippen LogP contribution < -0.4 is 4.72 Å². The largest absolute Gasteiger partial charge is 0.306 e. The highest BCUT2D eigenvalue weighted by molar-refractivity contribution is 9.10. The van der Waals surface area contributed by atoms with E-state index in [-0.39, 0.29) is 4.90 Å². The molecule has 4 aromatic rings. The van der Waals surface area contributed by atoms with Gasteiger partial charge in [0.25, 0.3) is 10.0 Å². The van der Waals surface area contributed by atoms with Crippen molar-refractivity contribution in [2.45, 2.75) is 11.8 Å². The molecule has 2 heterocycles. The Morgan fingerprint density at radius 3 is 2.67 bits per heavy atom. The van der Waals surface area contributed by atoms with Crippen LogP contribution in [0.3, 0.4) is 0 Å². The van der Waals surface area contributed by atoms with E-state index in [1.807, 2.05) is 48.0 Å². The molecule has 0 fully saturated rings. The van der Waals surface area contributed by atoms with E-state index >= 15 is 0 Å². The molecule has 136 valence electrons. The number of anilines is 1. The average Bonchev–Trinajstić information content (AvgIpc) is 3.05. The predicted octanol–water partition coefficient (Wildman–Crippen LogP) is 4.87. The van der Waals surface area contributed by atoms with Crippen LogP contribution >= 0.6 is 15.9 Å². The summed E-state index contributed by atoms with van der Waals surface area (Å²) < 4.78 is 30.5. The first-order chi connectivity index (χ1) is 12.9. The van der Waals surface area contributed by atoms with Gasteiger partial charge in [-0.3, -0.25) is 4.72 Å². The smallest absolute Gasteiger partial charge is 0.263 e. The standard InChI is InChI=1S/C20H16BrN3O2S/c1-14-9-10-24-13-18(22-20(24)11-14)15-5-4-6-16(12-15)23-27(25,26)19-8-3-2-7-17(19)21/h2-13,23H,1H3. The van der Waals surface area contributed by atoms with Crippen LogP contribution in [-0.2, 0) is 10.0 Å². The summed E-state index contributed by atoms with van der Waals surface area (Å²) in [4.78, 5) is 4.83. The zero-order valence-corrected chi connectivity index (χ0v) is 16.8. The van der Waals surface area contributed by atoms with Crippen molar-refractivity contribution in [1.29, 1.82) is 0 Å². The van der Waals surface area contributed by atoms with Crippen molar-refractivity contribution in [3.8, 4) is 11.3 Å². The molecule has 0 saturated heterocycles. The molecule has 0 radical (unpaired) electrons. The molecule has 0 amide bonds. The van der Waals surface area contributed by atoms with Gasteiger partial charge in [0.1, 0.15) is 10.5 Å². The van der Waals surface area contributed by atoms with Crippen LogP contribution in [0.25, 0.3) is 16.9 Å². The summed E-state index contributed by atoms with van der Waals surface area (Å²) in [6, 6.07) is 17.9. The monoisotopic (exact) mass is 441 g/mol. The Kier molecular flexibility index (Phi) is 4.49. The van der Waals surface area contributed by atoms with Crippen molar-refractivity contribution in [2.75, 3.05) is 4.72 Å². The van der Waals surface area contributed by atoms with Crippen LogP contribution in [0.4, 0.5) is 5.69 Å². The number of imidazole rings is 1. The minimum absolute atomic E-state index is 0.193. The maximum absolute atomic E-state index is 12.7. The molecule has 2 aromatic carbocycles. The fourth-order valence-electron chi connectivity index (χ4n) is 2.84. The number of hydrogen-bond donors (Lipinski definition) is 1. The Morgan fingerprint density at radius 2 is 1.85 bits per heavy atom. The van der Waals surface area contributed by atoms with Crippen molar-refractivity contribution in [3.63, 3.8) is 0 Å². The third-order valence-electron chi connectivity index (χ3n) is 4.15.